The van der Waals surface area contributed by atoms with E-state index in [2.05, 4.69) is 37.1 Å². The normalized spacial score (nSPS) is 28.6. The predicted octanol–water partition coefficient (Wildman–Crippen LogP) is 1.83. The Labute approximate surface area is 170 Å². The molecule has 1 spiro atoms. The van der Waals surface area contributed by atoms with Gasteiger partial charge in [0.05, 0.1) is 13.2 Å². The number of para-hydroxylation sites is 1. The highest BCUT2D eigenvalue weighted by Gasteiger charge is 2.61. The van der Waals surface area contributed by atoms with Crippen LogP contribution in [0.4, 0.5) is 0 Å². The average Bonchev–Trinajstić information content (AvgIpc) is 3.32. The minimum absolute atomic E-state index is 0.0157. The Balaban J connectivity index is 1.14. The van der Waals surface area contributed by atoms with E-state index in [0.717, 1.165) is 82.4 Å². The number of nitrogens with zero attached hydrogens (tertiary/aromatic N) is 4. The van der Waals surface area contributed by atoms with Crippen molar-refractivity contribution >= 4 is 5.91 Å². The molecule has 7 nitrogen and oxygen atoms in total. The molecule has 29 heavy (non-hydrogen) atoms. The summed E-state index contributed by atoms with van der Waals surface area (Å²) < 4.78 is 8.11. The molecule has 1 saturated carbocycles. The molecule has 4 heterocycles. The second-order valence-electron chi connectivity index (χ2n) is 8.91. The van der Waals surface area contributed by atoms with Crippen LogP contribution in [0.25, 0.3) is 0 Å². The maximum absolute atomic E-state index is 13.3. The van der Waals surface area contributed by atoms with E-state index in [1.165, 1.54) is 5.56 Å². The van der Waals surface area contributed by atoms with Gasteiger partial charge in [0.1, 0.15) is 17.4 Å². The number of hydrogen-bond donors (Lipinski definition) is 1. The number of likely N-dealkylation sites (tertiary alicyclic amines) is 1. The molecular weight excluding hydrogens is 366 g/mol. The largest absolute Gasteiger partial charge is 0.493 e. The SMILES string of the molecule is O=C(C1CC12CCOc1ccccc12)N1CCC(c2nnc3n2CCNC3)CC1. The third-order valence-corrected chi connectivity index (χ3v) is 7.43. The molecule has 152 valence electrons. The number of amides is 1. The van der Waals surface area contributed by atoms with Crippen LogP contribution < -0.4 is 10.1 Å². The smallest absolute Gasteiger partial charge is 0.226 e. The summed E-state index contributed by atoms with van der Waals surface area (Å²) in [5.41, 5.74) is 1.25. The van der Waals surface area contributed by atoms with Crippen molar-refractivity contribution in [2.75, 3.05) is 26.2 Å². The Kier molecular flexibility index (Phi) is 3.94. The van der Waals surface area contributed by atoms with Crippen LogP contribution in [0, 0.1) is 5.92 Å². The quantitative estimate of drug-likeness (QED) is 0.843. The van der Waals surface area contributed by atoms with Crippen molar-refractivity contribution in [3.8, 4) is 5.75 Å². The zero-order chi connectivity index (χ0) is 19.4. The molecule has 6 rings (SSSR count). The first kappa shape index (κ1) is 17.4. The van der Waals surface area contributed by atoms with E-state index in [4.69, 9.17) is 4.74 Å². The summed E-state index contributed by atoms with van der Waals surface area (Å²) in [4.78, 5) is 15.4. The average molecular weight is 393 g/mol. The third kappa shape index (κ3) is 2.70. The highest BCUT2D eigenvalue weighted by molar-refractivity contribution is 5.85. The van der Waals surface area contributed by atoms with Crippen molar-refractivity contribution in [3.63, 3.8) is 0 Å². The molecule has 1 N–H and O–H groups in total. The molecule has 1 saturated heterocycles. The molecule has 1 amide bonds. The number of aromatic nitrogens is 3. The highest BCUT2D eigenvalue weighted by Crippen LogP contribution is 2.61. The lowest BCUT2D eigenvalue weighted by Gasteiger charge is -2.33. The Morgan fingerprint density at radius 1 is 1.17 bits per heavy atom. The number of piperidine rings is 1. The van der Waals surface area contributed by atoms with E-state index in [-0.39, 0.29) is 11.3 Å². The first-order valence-electron chi connectivity index (χ1n) is 10.9. The highest BCUT2D eigenvalue weighted by atomic mass is 16.5. The van der Waals surface area contributed by atoms with Gasteiger partial charge in [-0.3, -0.25) is 4.79 Å². The second kappa shape index (κ2) is 6.55. The molecular formula is C22H27N5O2. The number of nitrogens with one attached hydrogen (secondary N) is 1. The summed E-state index contributed by atoms with van der Waals surface area (Å²) in [6.45, 7) is 5.10. The van der Waals surface area contributed by atoms with Crippen molar-refractivity contribution < 1.29 is 9.53 Å². The molecule has 2 atom stereocenters. The number of ether oxygens (including phenoxy) is 1. The van der Waals surface area contributed by atoms with Crippen molar-refractivity contribution in [1.82, 2.24) is 25.0 Å². The van der Waals surface area contributed by atoms with Gasteiger partial charge in [-0.15, -0.1) is 10.2 Å². The topological polar surface area (TPSA) is 72.3 Å². The van der Waals surface area contributed by atoms with Gasteiger partial charge in [0.15, 0.2) is 0 Å². The van der Waals surface area contributed by atoms with E-state index in [1.807, 2.05) is 12.1 Å². The molecule has 2 aromatic rings. The minimum Gasteiger partial charge on any atom is -0.493 e. The molecule has 1 aliphatic carbocycles. The first-order chi connectivity index (χ1) is 14.3. The van der Waals surface area contributed by atoms with Crippen LogP contribution in [0.5, 0.6) is 5.75 Å². The number of hydrogen-bond acceptors (Lipinski definition) is 5. The lowest BCUT2D eigenvalue weighted by molar-refractivity contribution is -0.134. The van der Waals surface area contributed by atoms with E-state index in [1.54, 1.807) is 0 Å². The summed E-state index contributed by atoms with van der Waals surface area (Å²) in [5.74, 6) is 4.01. The van der Waals surface area contributed by atoms with Gasteiger partial charge in [-0.25, -0.2) is 0 Å². The first-order valence-corrected chi connectivity index (χ1v) is 10.9. The number of rotatable bonds is 2. The van der Waals surface area contributed by atoms with Crippen molar-refractivity contribution in [1.29, 1.82) is 0 Å². The molecule has 1 aromatic heterocycles. The fraction of sp³-hybridized carbons (Fsp3) is 0.591. The second-order valence-corrected chi connectivity index (χ2v) is 8.91. The Morgan fingerprint density at radius 3 is 2.93 bits per heavy atom. The van der Waals surface area contributed by atoms with Gasteiger partial charge in [0, 0.05) is 49.0 Å². The Morgan fingerprint density at radius 2 is 2.03 bits per heavy atom. The summed E-state index contributed by atoms with van der Waals surface area (Å²) in [7, 11) is 0. The zero-order valence-electron chi connectivity index (χ0n) is 16.6. The molecule has 3 aliphatic heterocycles. The molecule has 0 bridgehead atoms. The van der Waals surface area contributed by atoms with Crippen molar-refractivity contribution in [2.24, 2.45) is 5.92 Å². The lowest BCUT2D eigenvalue weighted by Crippen LogP contribution is -2.41. The summed E-state index contributed by atoms with van der Waals surface area (Å²) in [6.07, 6.45) is 3.89. The van der Waals surface area contributed by atoms with Gasteiger partial charge < -0.3 is 19.5 Å². The van der Waals surface area contributed by atoms with Gasteiger partial charge in [0.25, 0.3) is 0 Å². The predicted molar refractivity (Wildman–Crippen MR) is 107 cm³/mol. The van der Waals surface area contributed by atoms with Gasteiger partial charge >= 0.3 is 0 Å². The van der Waals surface area contributed by atoms with Crippen molar-refractivity contribution in [2.45, 2.75) is 50.1 Å². The molecule has 7 heteroatoms. The Hall–Kier alpha value is -2.41. The maximum Gasteiger partial charge on any atom is 0.226 e. The molecule has 0 radical (unpaired) electrons. The van der Waals surface area contributed by atoms with Gasteiger partial charge in [-0.2, -0.15) is 0 Å². The number of carbonyl (C=O) groups is 1. The van der Waals surface area contributed by atoms with Gasteiger partial charge in [0.2, 0.25) is 5.91 Å². The van der Waals surface area contributed by atoms with Crippen LogP contribution >= 0.6 is 0 Å². The molecule has 2 unspecified atom stereocenters. The summed E-state index contributed by atoms with van der Waals surface area (Å²) in [6, 6.07) is 8.27. The van der Waals surface area contributed by atoms with Crippen LogP contribution in [0.2, 0.25) is 0 Å². The monoisotopic (exact) mass is 393 g/mol. The third-order valence-electron chi connectivity index (χ3n) is 7.43. The van der Waals surface area contributed by atoms with Gasteiger partial charge in [-0.1, -0.05) is 18.2 Å². The molecule has 1 aromatic carbocycles. The van der Waals surface area contributed by atoms with Gasteiger partial charge in [-0.05, 0) is 31.7 Å². The van der Waals surface area contributed by atoms with Crippen LogP contribution in [0.3, 0.4) is 0 Å². The molecule has 2 fully saturated rings. The minimum atomic E-state index is 0.0157. The summed E-state index contributed by atoms with van der Waals surface area (Å²) in [5, 5.41) is 12.2. The van der Waals surface area contributed by atoms with E-state index >= 15 is 0 Å². The van der Waals surface area contributed by atoms with Crippen LogP contribution in [0.1, 0.15) is 48.8 Å². The van der Waals surface area contributed by atoms with E-state index in [9.17, 15) is 4.79 Å². The van der Waals surface area contributed by atoms with Crippen molar-refractivity contribution in [3.05, 3.63) is 41.5 Å². The van der Waals surface area contributed by atoms with E-state index in [0.29, 0.717) is 11.8 Å². The maximum atomic E-state index is 13.3. The Bertz CT molecular complexity index is 948. The fourth-order valence-electron chi connectivity index (χ4n) is 5.68. The van der Waals surface area contributed by atoms with E-state index < -0.39 is 0 Å². The number of fused-ring (bicyclic) bond motifs is 3. The molecule has 4 aliphatic rings. The van der Waals surface area contributed by atoms with Crippen LogP contribution in [-0.4, -0.2) is 51.8 Å². The standard InChI is InChI=1S/C22H27N5O2/c28-21(17-13-22(17)7-12-29-18-4-2-1-3-16(18)22)26-9-5-15(6-10-26)20-25-24-19-14-23-8-11-27(19)20/h1-4,15,17,23H,5-14H2. The zero-order valence-corrected chi connectivity index (χ0v) is 16.6. The summed E-state index contributed by atoms with van der Waals surface area (Å²) >= 11 is 0. The van der Waals surface area contributed by atoms with Crippen LogP contribution in [0.15, 0.2) is 24.3 Å². The number of benzene rings is 1. The number of carbonyl (C=O) groups excluding carboxylic acids is 1. The van der Waals surface area contributed by atoms with Crippen LogP contribution in [-0.2, 0) is 23.3 Å². The lowest BCUT2D eigenvalue weighted by atomic mass is 9.87. The fourth-order valence-corrected chi connectivity index (χ4v) is 5.68.